The number of carbonyl (C=O) groups is 2. The van der Waals surface area contributed by atoms with Gasteiger partial charge in [0.2, 0.25) is 0 Å². The highest BCUT2D eigenvalue weighted by molar-refractivity contribution is 6.34. The average Bonchev–Trinajstić information content (AvgIpc) is 2.33. The van der Waals surface area contributed by atoms with Crippen molar-refractivity contribution in [1.29, 1.82) is 0 Å². The van der Waals surface area contributed by atoms with Crippen molar-refractivity contribution in [1.82, 2.24) is 5.43 Å². The van der Waals surface area contributed by atoms with Gasteiger partial charge in [-0.15, -0.1) is 0 Å². The number of rotatable bonds is 5. The Morgan fingerprint density at radius 1 is 1.44 bits per heavy atom. The van der Waals surface area contributed by atoms with Crippen LogP contribution in [-0.2, 0) is 9.59 Å². The number of hydrogen-bond donors (Lipinski definition) is 2. The summed E-state index contributed by atoms with van der Waals surface area (Å²) in [6, 6.07) is 7.24. The molecule has 0 heterocycles. The summed E-state index contributed by atoms with van der Waals surface area (Å²) < 4.78 is 5.21. The van der Waals surface area contributed by atoms with Crippen LogP contribution in [0.2, 0.25) is 0 Å². The average molecular weight is 250 g/mol. The SMILES string of the molecule is CC(=NNC(=O)COc1cccc(C)c1)C(=O)O. The highest BCUT2D eigenvalue weighted by atomic mass is 16.5. The molecule has 0 aliphatic rings. The topological polar surface area (TPSA) is 88.0 Å². The molecule has 0 spiro atoms. The summed E-state index contributed by atoms with van der Waals surface area (Å²) in [5.74, 6) is -1.13. The van der Waals surface area contributed by atoms with Crippen LogP contribution in [0.1, 0.15) is 12.5 Å². The predicted molar refractivity (Wildman–Crippen MR) is 65.6 cm³/mol. The van der Waals surface area contributed by atoms with Crippen LogP contribution in [0, 0.1) is 6.92 Å². The Morgan fingerprint density at radius 3 is 2.78 bits per heavy atom. The van der Waals surface area contributed by atoms with Crippen molar-refractivity contribution in [2.45, 2.75) is 13.8 Å². The van der Waals surface area contributed by atoms with E-state index in [1.54, 1.807) is 12.1 Å². The highest BCUT2D eigenvalue weighted by Crippen LogP contribution is 2.11. The Balaban J connectivity index is 2.42. The minimum atomic E-state index is -1.19. The number of nitrogens with one attached hydrogen (secondary N) is 1. The number of nitrogens with zero attached hydrogens (tertiary/aromatic N) is 1. The predicted octanol–water partition coefficient (Wildman–Crippen LogP) is 0.951. The van der Waals surface area contributed by atoms with Gasteiger partial charge in [0.05, 0.1) is 0 Å². The molecule has 0 aliphatic carbocycles. The second-order valence-electron chi connectivity index (χ2n) is 3.64. The molecule has 6 heteroatoms. The molecule has 1 aromatic carbocycles. The van der Waals surface area contributed by atoms with Crippen LogP contribution in [0.25, 0.3) is 0 Å². The molecule has 6 nitrogen and oxygen atoms in total. The molecule has 2 N–H and O–H groups in total. The van der Waals surface area contributed by atoms with Crippen molar-refractivity contribution >= 4 is 17.6 Å². The number of ether oxygens (including phenoxy) is 1. The summed E-state index contributed by atoms with van der Waals surface area (Å²) >= 11 is 0. The number of aliphatic carboxylic acids is 1. The van der Waals surface area contributed by atoms with Gasteiger partial charge in [0.1, 0.15) is 11.5 Å². The van der Waals surface area contributed by atoms with E-state index in [9.17, 15) is 9.59 Å². The van der Waals surface area contributed by atoms with Gasteiger partial charge >= 0.3 is 5.97 Å². The molecule has 0 bridgehead atoms. The first-order valence-electron chi connectivity index (χ1n) is 5.25. The van der Waals surface area contributed by atoms with E-state index in [2.05, 4.69) is 10.5 Å². The van der Waals surface area contributed by atoms with Gasteiger partial charge in [-0.2, -0.15) is 5.10 Å². The number of carboxylic acids is 1. The summed E-state index contributed by atoms with van der Waals surface area (Å²) in [5, 5.41) is 11.9. The van der Waals surface area contributed by atoms with E-state index >= 15 is 0 Å². The lowest BCUT2D eigenvalue weighted by atomic mass is 10.2. The van der Waals surface area contributed by atoms with Gasteiger partial charge < -0.3 is 9.84 Å². The molecule has 96 valence electrons. The monoisotopic (exact) mass is 250 g/mol. The third-order valence-electron chi connectivity index (χ3n) is 2.02. The Bertz CT molecular complexity index is 483. The van der Waals surface area contributed by atoms with Crippen LogP contribution >= 0.6 is 0 Å². The highest BCUT2D eigenvalue weighted by Gasteiger charge is 2.05. The van der Waals surface area contributed by atoms with Crippen molar-refractivity contribution in [2.75, 3.05) is 6.61 Å². The maximum absolute atomic E-state index is 11.3. The molecule has 1 rings (SSSR count). The molecular formula is C12H14N2O4. The lowest BCUT2D eigenvalue weighted by Gasteiger charge is -2.05. The number of benzene rings is 1. The van der Waals surface area contributed by atoms with Crippen molar-refractivity contribution in [2.24, 2.45) is 5.10 Å². The Hall–Kier alpha value is -2.37. The zero-order valence-corrected chi connectivity index (χ0v) is 10.1. The first kappa shape index (κ1) is 13.7. The largest absolute Gasteiger partial charge is 0.484 e. The Morgan fingerprint density at radius 2 is 2.17 bits per heavy atom. The molecular weight excluding hydrogens is 236 g/mol. The zero-order chi connectivity index (χ0) is 13.5. The van der Waals surface area contributed by atoms with Crippen LogP contribution < -0.4 is 10.2 Å². The second kappa shape index (κ2) is 6.39. The standard InChI is InChI=1S/C12H14N2O4/c1-8-4-3-5-10(6-8)18-7-11(15)14-13-9(2)12(16)17/h3-6H,7H2,1-2H3,(H,14,15)(H,16,17). The quantitative estimate of drug-likeness (QED) is 0.601. The molecule has 18 heavy (non-hydrogen) atoms. The molecule has 0 aliphatic heterocycles. The van der Waals surface area contributed by atoms with E-state index in [-0.39, 0.29) is 12.3 Å². The molecule has 1 amide bonds. The van der Waals surface area contributed by atoms with E-state index in [0.29, 0.717) is 5.75 Å². The van der Waals surface area contributed by atoms with Crippen molar-refractivity contribution in [3.05, 3.63) is 29.8 Å². The number of hydrazone groups is 1. The molecule has 0 aromatic heterocycles. The fourth-order valence-electron chi connectivity index (χ4n) is 1.08. The normalized spacial score (nSPS) is 10.9. The number of hydrogen-bond acceptors (Lipinski definition) is 4. The third kappa shape index (κ3) is 4.65. The summed E-state index contributed by atoms with van der Waals surface area (Å²) in [6.45, 7) is 2.97. The molecule has 0 radical (unpaired) electrons. The van der Waals surface area contributed by atoms with E-state index in [1.807, 2.05) is 19.1 Å². The van der Waals surface area contributed by atoms with Crippen LogP contribution in [0.5, 0.6) is 5.75 Å². The first-order chi connectivity index (χ1) is 8.49. The lowest BCUT2D eigenvalue weighted by molar-refractivity contribution is -0.129. The van der Waals surface area contributed by atoms with Crippen molar-refractivity contribution in [3.8, 4) is 5.75 Å². The first-order valence-corrected chi connectivity index (χ1v) is 5.25. The fraction of sp³-hybridized carbons (Fsp3) is 0.250. The third-order valence-corrected chi connectivity index (χ3v) is 2.02. The van der Waals surface area contributed by atoms with Crippen LogP contribution in [0.15, 0.2) is 29.4 Å². The molecule has 0 saturated heterocycles. The van der Waals surface area contributed by atoms with Gasteiger partial charge in [0.25, 0.3) is 5.91 Å². The molecule has 0 atom stereocenters. The minimum Gasteiger partial charge on any atom is -0.484 e. The van der Waals surface area contributed by atoms with Crippen LogP contribution in [0.4, 0.5) is 0 Å². The summed E-state index contributed by atoms with van der Waals surface area (Å²) in [7, 11) is 0. The number of carboxylic acid groups (broad SMARTS) is 1. The van der Waals surface area contributed by atoms with Gasteiger partial charge in [0.15, 0.2) is 6.61 Å². The minimum absolute atomic E-state index is 0.195. The van der Waals surface area contributed by atoms with E-state index < -0.39 is 11.9 Å². The van der Waals surface area contributed by atoms with Gasteiger partial charge in [-0.05, 0) is 31.5 Å². The number of amides is 1. The summed E-state index contributed by atoms with van der Waals surface area (Å²) in [5.41, 5.74) is 2.92. The zero-order valence-electron chi connectivity index (χ0n) is 10.1. The molecule has 0 fully saturated rings. The summed E-state index contributed by atoms with van der Waals surface area (Å²) in [6.07, 6.45) is 0. The van der Waals surface area contributed by atoms with Gasteiger partial charge in [-0.3, -0.25) is 4.79 Å². The van der Waals surface area contributed by atoms with Crippen LogP contribution in [-0.4, -0.2) is 29.3 Å². The van der Waals surface area contributed by atoms with E-state index in [4.69, 9.17) is 9.84 Å². The van der Waals surface area contributed by atoms with Gasteiger partial charge in [0, 0.05) is 0 Å². The van der Waals surface area contributed by atoms with E-state index in [0.717, 1.165) is 5.56 Å². The maximum atomic E-state index is 11.3. The Labute approximate surface area is 104 Å². The van der Waals surface area contributed by atoms with Crippen molar-refractivity contribution in [3.63, 3.8) is 0 Å². The number of carbonyl (C=O) groups excluding carboxylic acids is 1. The second-order valence-corrected chi connectivity index (χ2v) is 3.64. The summed E-state index contributed by atoms with van der Waals surface area (Å²) in [4.78, 5) is 21.7. The van der Waals surface area contributed by atoms with Gasteiger partial charge in [-0.1, -0.05) is 12.1 Å². The lowest BCUT2D eigenvalue weighted by Crippen LogP contribution is -2.26. The van der Waals surface area contributed by atoms with E-state index in [1.165, 1.54) is 6.92 Å². The van der Waals surface area contributed by atoms with Crippen LogP contribution in [0.3, 0.4) is 0 Å². The van der Waals surface area contributed by atoms with Gasteiger partial charge in [-0.25, -0.2) is 10.2 Å². The fourth-order valence-corrected chi connectivity index (χ4v) is 1.08. The maximum Gasteiger partial charge on any atom is 0.351 e. The van der Waals surface area contributed by atoms with Crippen molar-refractivity contribution < 1.29 is 19.4 Å². The molecule has 0 saturated carbocycles. The molecule has 1 aromatic rings. The Kier molecular flexibility index (Phi) is 4.86. The smallest absolute Gasteiger partial charge is 0.351 e. The number of aryl methyl sites for hydroxylation is 1. The molecule has 0 unspecified atom stereocenters.